The van der Waals surface area contributed by atoms with Gasteiger partial charge in [-0.1, -0.05) is 24.4 Å². The van der Waals surface area contributed by atoms with Crippen LogP contribution >= 0.6 is 11.6 Å². The van der Waals surface area contributed by atoms with Crippen LogP contribution in [0, 0.1) is 17.7 Å². The highest BCUT2D eigenvalue weighted by Crippen LogP contribution is 2.29. The molecule has 0 spiro atoms. The lowest BCUT2D eigenvalue weighted by Crippen LogP contribution is -2.35. The van der Waals surface area contributed by atoms with E-state index in [1.165, 1.54) is 12.1 Å². The van der Waals surface area contributed by atoms with Crippen LogP contribution < -0.4 is 5.32 Å². The molecule has 1 fully saturated rings. The van der Waals surface area contributed by atoms with E-state index in [2.05, 4.69) is 5.32 Å². The van der Waals surface area contributed by atoms with Crippen LogP contribution in [0.3, 0.4) is 0 Å². The predicted molar refractivity (Wildman–Crippen MR) is 76.3 cm³/mol. The van der Waals surface area contributed by atoms with Gasteiger partial charge in [-0.3, -0.25) is 4.79 Å². The van der Waals surface area contributed by atoms with E-state index in [4.69, 9.17) is 11.6 Å². The highest BCUT2D eigenvalue weighted by atomic mass is 35.5. The molecule has 1 aliphatic carbocycles. The summed E-state index contributed by atoms with van der Waals surface area (Å²) >= 11 is 5.66. The number of aliphatic hydroxyl groups is 1. The summed E-state index contributed by atoms with van der Waals surface area (Å²) in [6.07, 6.45) is 4.23. The van der Waals surface area contributed by atoms with E-state index in [1.54, 1.807) is 0 Å². The third kappa shape index (κ3) is 3.70. The van der Waals surface area contributed by atoms with Gasteiger partial charge in [0.05, 0.1) is 5.56 Å². The van der Waals surface area contributed by atoms with Crippen LogP contribution in [0.2, 0.25) is 5.02 Å². The Morgan fingerprint density at radius 2 is 2.05 bits per heavy atom. The first kappa shape index (κ1) is 15.3. The summed E-state index contributed by atoms with van der Waals surface area (Å²) in [5, 5.41) is 12.4. The first-order valence-corrected chi connectivity index (χ1v) is 7.33. The molecule has 0 saturated heterocycles. The summed E-state index contributed by atoms with van der Waals surface area (Å²) in [6.45, 7) is 0.627. The Labute approximate surface area is 123 Å². The van der Waals surface area contributed by atoms with Gasteiger partial charge in [0.2, 0.25) is 0 Å². The minimum atomic E-state index is -0.614. The molecule has 2 rings (SSSR count). The van der Waals surface area contributed by atoms with E-state index in [0.29, 0.717) is 6.54 Å². The number of nitrogens with one attached hydrogen (secondary N) is 1. The van der Waals surface area contributed by atoms with Crippen molar-refractivity contribution in [3.05, 3.63) is 34.6 Å². The Morgan fingerprint density at radius 3 is 2.70 bits per heavy atom. The number of benzene rings is 1. The van der Waals surface area contributed by atoms with E-state index in [0.717, 1.165) is 31.7 Å². The molecule has 20 heavy (non-hydrogen) atoms. The van der Waals surface area contributed by atoms with Gasteiger partial charge in [-0.15, -0.1) is 0 Å². The van der Waals surface area contributed by atoms with Gasteiger partial charge in [0.1, 0.15) is 5.82 Å². The summed E-state index contributed by atoms with van der Waals surface area (Å²) in [7, 11) is 0. The van der Waals surface area contributed by atoms with Crippen LogP contribution in [0.1, 0.15) is 36.0 Å². The Bertz CT molecular complexity index is 481. The smallest absolute Gasteiger partial charge is 0.254 e. The Kier molecular flexibility index (Phi) is 5.38. The molecular formula is C15H19ClFNO2. The van der Waals surface area contributed by atoms with Crippen molar-refractivity contribution in [2.75, 3.05) is 13.2 Å². The van der Waals surface area contributed by atoms with E-state index < -0.39 is 11.7 Å². The zero-order chi connectivity index (χ0) is 14.5. The lowest BCUT2D eigenvalue weighted by atomic mass is 9.79. The summed E-state index contributed by atoms with van der Waals surface area (Å²) in [5.74, 6) is -0.536. The average molecular weight is 300 g/mol. The fraction of sp³-hybridized carbons (Fsp3) is 0.533. The number of amides is 1. The molecule has 1 amide bonds. The molecule has 0 heterocycles. The molecule has 0 aliphatic heterocycles. The zero-order valence-corrected chi connectivity index (χ0v) is 12.0. The van der Waals surface area contributed by atoms with Gasteiger partial charge in [0, 0.05) is 18.2 Å². The summed E-state index contributed by atoms with van der Waals surface area (Å²) < 4.78 is 13.6. The topological polar surface area (TPSA) is 49.3 Å². The van der Waals surface area contributed by atoms with Gasteiger partial charge in [0.15, 0.2) is 0 Å². The van der Waals surface area contributed by atoms with E-state index in [9.17, 15) is 14.3 Å². The highest BCUT2D eigenvalue weighted by molar-refractivity contribution is 6.30. The van der Waals surface area contributed by atoms with Gasteiger partial charge in [-0.2, -0.15) is 0 Å². The molecule has 1 saturated carbocycles. The van der Waals surface area contributed by atoms with E-state index in [1.807, 2.05) is 0 Å². The molecule has 110 valence electrons. The maximum Gasteiger partial charge on any atom is 0.254 e. The van der Waals surface area contributed by atoms with Crippen molar-refractivity contribution in [2.45, 2.75) is 25.7 Å². The fourth-order valence-electron chi connectivity index (χ4n) is 2.79. The summed E-state index contributed by atoms with van der Waals surface area (Å²) in [4.78, 5) is 12.0. The Hall–Kier alpha value is -1.13. The van der Waals surface area contributed by atoms with Crippen molar-refractivity contribution in [2.24, 2.45) is 11.8 Å². The van der Waals surface area contributed by atoms with Crippen molar-refractivity contribution in [3.63, 3.8) is 0 Å². The van der Waals surface area contributed by atoms with Gasteiger partial charge < -0.3 is 10.4 Å². The largest absolute Gasteiger partial charge is 0.396 e. The van der Waals surface area contributed by atoms with Crippen LogP contribution in [0.4, 0.5) is 4.39 Å². The van der Waals surface area contributed by atoms with Crippen LogP contribution in [0.15, 0.2) is 18.2 Å². The van der Waals surface area contributed by atoms with Crippen molar-refractivity contribution in [1.29, 1.82) is 0 Å². The molecule has 0 radical (unpaired) electrons. The quantitative estimate of drug-likeness (QED) is 0.898. The minimum Gasteiger partial charge on any atom is -0.396 e. The molecule has 0 aromatic heterocycles. The standard InChI is InChI=1S/C15H19ClFNO2/c16-12-5-6-13(14(17)7-12)15(20)18-8-10-3-1-2-4-11(10)9-19/h5-7,10-11,19H,1-4,8-9H2,(H,18,20). The van der Waals surface area contributed by atoms with Crippen LogP contribution in [-0.2, 0) is 0 Å². The normalized spacial score (nSPS) is 22.6. The second-order valence-electron chi connectivity index (χ2n) is 5.32. The predicted octanol–water partition coefficient (Wildman–Crippen LogP) is 3.01. The molecule has 2 N–H and O–H groups in total. The van der Waals surface area contributed by atoms with Crippen LogP contribution in [0.25, 0.3) is 0 Å². The number of carbonyl (C=O) groups excluding carboxylic acids is 1. The third-order valence-corrected chi connectivity index (χ3v) is 4.24. The van der Waals surface area contributed by atoms with E-state index in [-0.39, 0.29) is 29.0 Å². The van der Waals surface area contributed by atoms with Crippen molar-refractivity contribution in [3.8, 4) is 0 Å². The lowest BCUT2D eigenvalue weighted by Gasteiger charge is -2.30. The highest BCUT2D eigenvalue weighted by Gasteiger charge is 2.25. The summed E-state index contributed by atoms with van der Waals surface area (Å²) in [5.41, 5.74) is 0.00533. The van der Waals surface area contributed by atoms with Crippen molar-refractivity contribution >= 4 is 17.5 Å². The molecular weight excluding hydrogens is 281 g/mol. The van der Waals surface area contributed by atoms with Crippen molar-refractivity contribution in [1.82, 2.24) is 5.32 Å². The lowest BCUT2D eigenvalue weighted by molar-refractivity contribution is 0.0905. The Balaban J connectivity index is 1.94. The maximum atomic E-state index is 13.6. The average Bonchev–Trinajstić information content (AvgIpc) is 2.45. The number of hydrogen-bond acceptors (Lipinski definition) is 2. The molecule has 1 aliphatic rings. The second-order valence-corrected chi connectivity index (χ2v) is 5.76. The maximum absolute atomic E-state index is 13.6. The first-order valence-electron chi connectivity index (χ1n) is 6.96. The Morgan fingerprint density at radius 1 is 1.35 bits per heavy atom. The van der Waals surface area contributed by atoms with Gasteiger partial charge >= 0.3 is 0 Å². The molecule has 1 aromatic rings. The third-order valence-electron chi connectivity index (χ3n) is 4.00. The van der Waals surface area contributed by atoms with Crippen LogP contribution in [-0.4, -0.2) is 24.2 Å². The number of rotatable bonds is 4. The zero-order valence-electron chi connectivity index (χ0n) is 11.2. The first-order chi connectivity index (χ1) is 9.61. The van der Waals surface area contributed by atoms with Gasteiger partial charge in [-0.25, -0.2) is 4.39 Å². The minimum absolute atomic E-state index is 0.00533. The fourth-order valence-corrected chi connectivity index (χ4v) is 2.94. The number of hydrogen-bond donors (Lipinski definition) is 2. The van der Waals surface area contributed by atoms with Gasteiger partial charge in [0.25, 0.3) is 5.91 Å². The molecule has 3 nitrogen and oxygen atoms in total. The van der Waals surface area contributed by atoms with Gasteiger partial charge in [-0.05, 0) is 42.9 Å². The van der Waals surface area contributed by atoms with E-state index >= 15 is 0 Å². The SMILES string of the molecule is O=C(NCC1CCCCC1CO)c1ccc(Cl)cc1F. The number of aliphatic hydroxyl groups excluding tert-OH is 1. The van der Waals surface area contributed by atoms with Crippen LogP contribution in [0.5, 0.6) is 0 Å². The molecule has 2 unspecified atom stereocenters. The summed E-state index contributed by atoms with van der Waals surface area (Å²) in [6, 6.07) is 4.02. The molecule has 2 atom stereocenters. The molecule has 0 bridgehead atoms. The second kappa shape index (κ2) is 7.04. The monoisotopic (exact) mass is 299 g/mol. The van der Waals surface area contributed by atoms with Crippen molar-refractivity contribution < 1.29 is 14.3 Å². The molecule has 1 aromatic carbocycles. The molecule has 5 heteroatoms. The number of halogens is 2. The number of carbonyl (C=O) groups is 1.